The molecule has 2 N–H and O–H groups in total. The van der Waals surface area contributed by atoms with Crippen molar-refractivity contribution in [3.8, 4) is 5.75 Å². The summed E-state index contributed by atoms with van der Waals surface area (Å²) < 4.78 is 8.11. The van der Waals surface area contributed by atoms with Crippen molar-refractivity contribution in [2.45, 2.75) is 19.6 Å². The van der Waals surface area contributed by atoms with Crippen molar-refractivity contribution >= 4 is 38.5 Å². The number of halogens is 2. The SMILES string of the molecule is CC(N)c1ccc(Br)cc1OCc1ccc(I)cc1. The van der Waals surface area contributed by atoms with Crippen LogP contribution in [-0.2, 0) is 6.61 Å². The molecule has 0 bridgehead atoms. The number of benzene rings is 2. The molecule has 1 atom stereocenters. The Labute approximate surface area is 135 Å². The van der Waals surface area contributed by atoms with Gasteiger partial charge in [0.25, 0.3) is 0 Å². The van der Waals surface area contributed by atoms with Gasteiger partial charge in [-0.05, 0) is 59.3 Å². The molecule has 0 fully saturated rings. The Morgan fingerprint density at radius 2 is 1.89 bits per heavy atom. The second-order valence-electron chi connectivity index (χ2n) is 4.39. The smallest absolute Gasteiger partial charge is 0.125 e. The van der Waals surface area contributed by atoms with Crippen LogP contribution < -0.4 is 10.5 Å². The van der Waals surface area contributed by atoms with Gasteiger partial charge in [0.2, 0.25) is 0 Å². The predicted molar refractivity (Wildman–Crippen MR) is 90.2 cm³/mol. The van der Waals surface area contributed by atoms with E-state index in [1.165, 1.54) is 3.57 Å². The fourth-order valence-electron chi connectivity index (χ4n) is 1.75. The van der Waals surface area contributed by atoms with Crippen molar-refractivity contribution in [3.63, 3.8) is 0 Å². The standard InChI is InChI=1S/C15H15BrINO/c1-10(18)14-7-4-12(16)8-15(14)19-9-11-2-5-13(17)6-3-11/h2-8,10H,9,18H2,1H3. The highest BCUT2D eigenvalue weighted by molar-refractivity contribution is 14.1. The summed E-state index contributed by atoms with van der Waals surface area (Å²) in [6.07, 6.45) is 0. The van der Waals surface area contributed by atoms with Crippen LogP contribution in [-0.4, -0.2) is 0 Å². The van der Waals surface area contributed by atoms with E-state index in [2.05, 4.69) is 62.8 Å². The molecule has 1 unspecified atom stereocenters. The van der Waals surface area contributed by atoms with E-state index in [0.29, 0.717) is 6.61 Å². The summed E-state index contributed by atoms with van der Waals surface area (Å²) in [6.45, 7) is 2.51. The Morgan fingerprint density at radius 1 is 1.21 bits per heavy atom. The van der Waals surface area contributed by atoms with Crippen LogP contribution in [0.5, 0.6) is 5.75 Å². The summed E-state index contributed by atoms with van der Waals surface area (Å²) in [7, 11) is 0. The lowest BCUT2D eigenvalue weighted by Gasteiger charge is -2.14. The zero-order valence-electron chi connectivity index (χ0n) is 10.6. The van der Waals surface area contributed by atoms with E-state index in [1.807, 2.05) is 25.1 Å². The molecule has 0 aliphatic rings. The monoisotopic (exact) mass is 431 g/mol. The van der Waals surface area contributed by atoms with Gasteiger partial charge in [0, 0.05) is 19.6 Å². The molecule has 19 heavy (non-hydrogen) atoms. The molecule has 4 heteroatoms. The van der Waals surface area contributed by atoms with Gasteiger partial charge in [-0.3, -0.25) is 0 Å². The van der Waals surface area contributed by atoms with E-state index >= 15 is 0 Å². The highest BCUT2D eigenvalue weighted by atomic mass is 127. The molecule has 0 saturated heterocycles. The van der Waals surface area contributed by atoms with Crippen molar-refractivity contribution in [1.29, 1.82) is 0 Å². The molecular weight excluding hydrogens is 417 g/mol. The van der Waals surface area contributed by atoms with Crippen LogP contribution in [0.25, 0.3) is 0 Å². The fourth-order valence-corrected chi connectivity index (χ4v) is 2.45. The van der Waals surface area contributed by atoms with Gasteiger partial charge < -0.3 is 10.5 Å². The second-order valence-corrected chi connectivity index (χ2v) is 6.55. The van der Waals surface area contributed by atoms with Gasteiger partial charge in [-0.1, -0.05) is 34.1 Å². The average Bonchev–Trinajstić information content (AvgIpc) is 2.38. The van der Waals surface area contributed by atoms with Crippen molar-refractivity contribution in [2.75, 3.05) is 0 Å². The van der Waals surface area contributed by atoms with E-state index in [1.54, 1.807) is 0 Å². The molecule has 0 aromatic heterocycles. The van der Waals surface area contributed by atoms with E-state index in [0.717, 1.165) is 21.3 Å². The summed E-state index contributed by atoms with van der Waals surface area (Å²) >= 11 is 5.75. The molecule has 0 heterocycles. The predicted octanol–water partition coefficient (Wildman–Crippen LogP) is 4.65. The molecule has 2 aromatic carbocycles. The molecule has 0 amide bonds. The van der Waals surface area contributed by atoms with Gasteiger partial charge in [0.1, 0.15) is 12.4 Å². The van der Waals surface area contributed by atoms with E-state index < -0.39 is 0 Å². The Morgan fingerprint density at radius 3 is 2.53 bits per heavy atom. The van der Waals surface area contributed by atoms with Crippen molar-refractivity contribution in [2.24, 2.45) is 5.73 Å². The Bertz CT molecular complexity index is 555. The quantitative estimate of drug-likeness (QED) is 0.715. The first kappa shape index (κ1) is 14.8. The van der Waals surface area contributed by atoms with Gasteiger partial charge in [-0.15, -0.1) is 0 Å². The van der Waals surface area contributed by atoms with Gasteiger partial charge in [0.05, 0.1) is 0 Å². The Kier molecular flexibility index (Phi) is 5.24. The summed E-state index contributed by atoms with van der Waals surface area (Å²) in [6, 6.07) is 14.2. The second kappa shape index (κ2) is 6.72. The summed E-state index contributed by atoms with van der Waals surface area (Å²) in [5.74, 6) is 0.836. The van der Waals surface area contributed by atoms with Gasteiger partial charge in [-0.25, -0.2) is 0 Å². The fraction of sp³-hybridized carbons (Fsp3) is 0.200. The highest BCUT2D eigenvalue weighted by Gasteiger charge is 2.09. The molecule has 0 aliphatic carbocycles. The first-order chi connectivity index (χ1) is 9.06. The third-order valence-corrected chi connectivity index (χ3v) is 3.99. The molecule has 0 saturated carbocycles. The molecule has 0 aliphatic heterocycles. The number of rotatable bonds is 4. The maximum Gasteiger partial charge on any atom is 0.125 e. The minimum Gasteiger partial charge on any atom is -0.489 e. The summed E-state index contributed by atoms with van der Waals surface area (Å²) in [5.41, 5.74) is 8.13. The van der Waals surface area contributed by atoms with Gasteiger partial charge in [0.15, 0.2) is 0 Å². The van der Waals surface area contributed by atoms with Crippen molar-refractivity contribution in [1.82, 2.24) is 0 Å². The Balaban J connectivity index is 2.14. The zero-order valence-corrected chi connectivity index (χ0v) is 14.3. The van der Waals surface area contributed by atoms with Crippen LogP contribution >= 0.6 is 38.5 Å². The molecule has 0 radical (unpaired) electrons. The van der Waals surface area contributed by atoms with Crippen molar-refractivity contribution < 1.29 is 4.74 Å². The molecule has 2 nitrogen and oxygen atoms in total. The number of nitrogens with two attached hydrogens (primary N) is 1. The summed E-state index contributed by atoms with van der Waals surface area (Å²) in [4.78, 5) is 0. The largest absolute Gasteiger partial charge is 0.489 e. The minimum atomic E-state index is -0.0418. The Hall–Kier alpha value is -0.590. The minimum absolute atomic E-state index is 0.0418. The van der Waals surface area contributed by atoms with E-state index in [4.69, 9.17) is 10.5 Å². The lowest BCUT2D eigenvalue weighted by Crippen LogP contribution is -2.08. The molecular formula is C15H15BrINO. The first-order valence-electron chi connectivity index (χ1n) is 5.98. The maximum atomic E-state index is 5.96. The lowest BCUT2D eigenvalue weighted by atomic mass is 10.1. The number of ether oxygens (including phenoxy) is 1. The molecule has 2 rings (SSSR count). The topological polar surface area (TPSA) is 35.2 Å². The average molecular weight is 432 g/mol. The van der Waals surface area contributed by atoms with Crippen LogP contribution in [0.2, 0.25) is 0 Å². The molecule has 2 aromatic rings. The van der Waals surface area contributed by atoms with E-state index in [9.17, 15) is 0 Å². The van der Waals surface area contributed by atoms with Gasteiger partial charge in [-0.2, -0.15) is 0 Å². The van der Waals surface area contributed by atoms with Crippen LogP contribution in [0.4, 0.5) is 0 Å². The van der Waals surface area contributed by atoms with Crippen LogP contribution in [0.3, 0.4) is 0 Å². The summed E-state index contributed by atoms with van der Waals surface area (Å²) in [5, 5.41) is 0. The van der Waals surface area contributed by atoms with Crippen LogP contribution in [0, 0.1) is 3.57 Å². The number of hydrogen-bond donors (Lipinski definition) is 1. The molecule has 0 spiro atoms. The normalized spacial score (nSPS) is 12.2. The highest BCUT2D eigenvalue weighted by Crippen LogP contribution is 2.28. The lowest BCUT2D eigenvalue weighted by molar-refractivity contribution is 0.301. The maximum absolute atomic E-state index is 5.96. The van der Waals surface area contributed by atoms with Gasteiger partial charge >= 0.3 is 0 Å². The molecule has 100 valence electrons. The van der Waals surface area contributed by atoms with Crippen LogP contribution in [0.15, 0.2) is 46.9 Å². The third-order valence-electron chi connectivity index (χ3n) is 2.77. The number of hydrogen-bond acceptors (Lipinski definition) is 2. The third kappa shape index (κ3) is 4.19. The zero-order chi connectivity index (χ0) is 13.8. The first-order valence-corrected chi connectivity index (χ1v) is 7.85. The van der Waals surface area contributed by atoms with Crippen molar-refractivity contribution in [3.05, 3.63) is 61.6 Å². The van der Waals surface area contributed by atoms with Crippen LogP contribution in [0.1, 0.15) is 24.1 Å². The van der Waals surface area contributed by atoms with E-state index in [-0.39, 0.29) is 6.04 Å².